The quantitative estimate of drug-likeness (QED) is 0.686. The minimum absolute atomic E-state index is 0.0139. The third-order valence-corrected chi connectivity index (χ3v) is 3.45. The Morgan fingerprint density at radius 2 is 1.93 bits per heavy atom. The predicted molar refractivity (Wildman–Crippen MR) is 58.1 cm³/mol. The molecule has 0 unspecified atom stereocenters. The molecule has 0 heterocycles. The lowest BCUT2D eigenvalue weighted by atomic mass is 10.1. The van der Waals surface area contributed by atoms with Crippen LogP contribution < -0.4 is 4.72 Å². The number of nitrogens with one attached hydrogen (secondary N) is 1. The van der Waals surface area contributed by atoms with Crippen LogP contribution in [0.25, 0.3) is 0 Å². The molecule has 0 saturated heterocycles. The summed E-state index contributed by atoms with van der Waals surface area (Å²) in [6, 6.07) is -1.04. The molecule has 0 aromatic carbocycles. The summed E-state index contributed by atoms with van der Waals surface area (Å²) in [6.07, 6.45) is 1.31. The van der Waals surface area contributed by atoms with E-state index in [1.807, 2.05) is 6.92 Å². The van der Waals surface area contributed by atoms with Crippen molar-refractivity contribution in [3.05, 3.63) is 0 Å². The molecule has 0 fully saturated rings. The van der Waals surface area contributed by atoms with E-state index in [0.717, 1.165) is 6.42 Å². The maximum atomic E-state index is 11.4. The van der Waals surface area contributed by atoms with Gasteiger partial charge in [0.15, 0.2) is 0 Å². The standard InChI is InChI=1S/C9H19NO4S/c1-4-5-6-15(13,14)10-8(7(2)3)9(11)12/h7-8,10H,4-6H2,1-3H3,(H,11,12)/t8-/m0/s1. The molecule has 2 N–H and O–H groups in total. The number of carbonyl (C=O) groups is 1. The van der Waals surface area contributed by atoms with Crippen molar-refractivity contribution < 1.29 is 18.3 Å². The van der Waals surface area contributed by atoms with E-state index in [4.69, 9.17) is 5.11 Å². The summed E-state index contributed by atoms with van der Waals surface area (Å²) in [5.41, 5.74) is 0. The first kappa shape index (κ1) is 14.4. The van der Waals surface area contributed by atoms with Crippen LogP contribution in [0.15, 0.2) is 0 Å². The Morgan fingerprint density at radius 3 is 2.27 bits per heavy atom. The smallest absolute Gasteiger partial charge is 0.321 e. The van der Waals surface area contributed by atoms with E-state index < -0.39 is 22.0 Å². The van der Waals surface area contributed by atoms with Gasteiger partial charge in [-0.2, -0.15) is 0 Å². The molecule has 0 bridgehead atoms. The molecule has 0 aliphatic rings. The zero-order chi connectivity index (χ0) is 12.1. The van der Waals surface area contributed by atoms with Gasteiger partial charge < -0.3 is 5.11 Å². The molecule has 90 valence electrons. The maximum absolute atomic E-state index is 11.4. The van der Waals surface area contributed by atoms with Crippen molar-refractivity contribution in [2.75, 3.05) is 5.75 Å². The van der Waals surface area contributed by atoms with E-state index in [0.29, 0.717) is 6.42 Å². The lowest BCUT2D eigenvalue weighted by Crippen LogP contribution is -2.45. The van der Waals surface area contributed by atoms with Crippen molar-refractivity contribution in [2.45, 2.75) is 39.7 Å². The van der Waals surface area contributed by atoms with Gasteiger partial charge in [0.1, 0.15) is 6.04 Å². The van der Waals surface area contributed by atoms with Gasteiger partial charge >= 0.3 is 5.97 Å². The van der Waals surface area contributed by atoms with Gasteiger partial charge in [0.2, 0.25) is 10.0 Å². The Bertz CT molecular complexity index is 297. The molecule has 0 rings (SSSR count). The molecule has 5 nitrogen and oxygen atoms in total. The first-order valence-electron chi connectivity index (χ1n) is 5.03. The summed E-state index contributed by atoms with van der Waals surface area (Å²) in [6.45, 7) is 5.22. The van der Waals surface area contributed by atoms with Crippen LogP contribution in [0.3, 0.4) is 0 Å². The van der Waals surface area contributed by atoms with Gasteiger partial charge in [-0.25, -0.2) is 13.1 Å². The lowest BCUT2D eigenvalue weighted by Gasteiger charge is -2.17. The van der Waals surface area contributed by atoms with Crippen LogP contribution in [0.5, 0.6) is 0 Å². The second-order valence-corrected chi connectivity index (χ2v) is 5.72. The highest BCUT2D eigenvalue weighted by Gasteiger charge is 2.26. The van der Waals surface area contributed by atoms with Crippen molar-refractivity contribution in [3.8, 4) is 0 Å². The average Bonchev–Trinajstić information content (AvgIpc) is 2.10. The van der Waals surface area contributed by atoms with E-state index in [9.17, 15) is 13.2 Å². The highest BCUT2D eigenvalue weighted by Crippen LogP contribution is 2.04. The minimum Gasteiger partial charge on any atom is -0.480 e. The fourth-order valence-electron chi connectivity index (χ4n) is 1.06. The number of sulfonamides is 1. The first-order chi connectivity index (χ1) is 6.80. The van der Waals surface area contributed by atoms with Gasteiger partial charge in [-0.15, -0.1) is 0 Å². The zero-order valence-electron chi connectivity index (χ0n) is 9.36. The van der Waals surface area contributed by atoms with Crippen LogP contribution in [-0.2, 0) is 14.8 Å². The van der Waals surface area contributed by atoms with Gasteiger partial charge in [-0.1, -0.05) is 27.2 Å². The Morgan fingerprint density at radius 1 is 1.40 bits per heavy atom. The number of hydrogen-bond donors (Lipinski definition) is 2. The predicted octanol–water partition coefficient (Wildman–Crippen LogP) is 0.815. The topological polar surface area (TPSA) is 83.5 Å². The van der Waals surface area contributed by atoms with Crippen LogP contribution in [0, 0.1) is 5.92 Å². The summed E-state index contributed by atoms with van der Waals surface area (Å²) < 4.78 is 25.1. The fourth-order valence-corrected chi connectivity index (χ4v) is 2.60. The fraction of sp³-hybridized carbons (Fsp3) is 0.889. The molecule has 0 spiro atoms. The molecule has 15 heavy (non-hydrogen) atoms. The maximum Gasteiger partial charge on any atom is 0.321 e. The number of rotatable bonds is 7. The van der Waals surface area contributed by atoms with E-state index in [1.54, 1.807) is 13.8 Å². The van der Waals surface area contributed by atoms with Gasteiger partial charge in [0, 0.05) is 0 Å². The highest BCUT2D eigenvalue weighted by molar-refractivity contribution is 7.89. The molecule has 0 aliphatic carbocycles. The van der Waals surface area contributed by atoms with E-state index in [1.165, 1.54) is 0 Å². The van der Waals surface area contributed by atoms with Crippen molar-refractivity contribution in [3.63, 3.8) is 0 Å². The van der Waals surface area contributed by atoms with Gasteiger partial charge in [0.05, 0.1) is 5.75 Å². The van der Waals surface area contributed by atoms with Crippen LogP contribution in [-0.4, -0.2) is 31.3 Å². The molecular formula is C9H19NO4S. The Kier molecular flexibility index (Phi) is 5.82. The van der Waals surface area contributed by atoms with E-state index in [-0.39, 0.29) is 11.7 Å². The first-order valence-corrected chi connectivity index (χ1v) is 6.68. The van der Waals surface area contributed by atoms with Crippen LogP contribution in [0.2, 0.25) is 0 Å². The summed E-state index contributed by atoms with van der Waals surface area (Å²) in [5, 5.41) is 8.81. The normalized spacial score (nSPS) is 14.1. The van der Waals surface area contributed by atoms with Crippen molar-refractivity contribution >= 4 is 16.0 Å². The molecule has 0 aromatic heterocycles. The Hall–Kier alpha value is -0.620. The number of carboxylic acid groups (broad SMARTS) is 1. The molecule has 6 heteroatoms. The largest absolute Gasteiger partial charge is 0.480 e. The molecule has 0 aliphatic heterocycles. The van der Waals surface area contributed by atoms with E-state index >= 15 is 0 Å². The number of carboxylic acids is 1. The molecule has 0 radical (unpaired) electrons. The van der Waals surface area contributed by atoms with E-state index in [2.05, 4.69) is 4.72 Å². The van der Waals surface area contributed by atoms with Crippen molar-refractivity contribution in [1.82, 2.24) is 4.72 Å². The monoisotopic (exact) mass is 237 g/mol. The van der Waals surface area contributed by atoms with Crippen LogP contribution in [0.4, 0.5) is 0 Å². The van der Waals surface area contributed by atoms with Crippen LogP contribution >= 0.6 is 0 Å². The number of aliphatic carboxylic acids is 1. The Labute approximate surface area is 90.9 Å². The highest BCUT2D eigenvalue weighted by atomic mass is 32.2. The van der Waals surface area contributed by atoms with Crippen LogP contribution in [0.1, 0.15) is 33.6 Å². The van der Waals surface area contributed by atoms with Gasteiger partial charge in [0.25, 0.3) is 0 Å². The Balaban J connectivity index is 4.46. The molecule has 0 aromatic rings. The van der Waals surface area contributed by atoms with Crippen molar-refractivity contribution in [1.29, 1.82) is 0 Å². The molecule has 0 saturated carbocycles. The molecule has 1 atom stereocenters. The zero-order valence-corrected chi connectivity index (χ0v) is 10.2. The third kappa shape index (κ3) is 5.74. The van der Waals surface area contributed by atoms with Crippen molar-refractivity contribution in [2.24, 2.45) is 5.92 Å². The second-order valence-electron chi connectivity index (χ2n) is 3.85. The summed E-state index contributed by atoms with van der Waals surface area (Å²) in [5.74, 6) is -1.41. The summed E-state index contributed by atoms with van der Waals surface area (Å²) in [7, 11) is -3.46. The third-order valence-electron chi connectivity index (χ3n) is 2.01. The van der Waals surface area contributed by atoms with Gasteiger partial charge in [-0.3, -0.25) is 4.79 Å². The minimum atomic E-state index is -3.46. The summed E-state index contributed by atoms with van der Waals surface area (Å²) in [4.78, 5) is 10.8. The molecular weight excluding hydrogens is 218 g/mol. The average molecular weight is 237 g/mol. The molecule has 0 amide bonds. The SMILES string of the molecule is CCCCS(=O)(=O)N[C@H](C(=O)O)C(C)C. The lowest BCUT2D eigenvalue weighted by molar-refractivity contribution is -0.140. The number of unbranched alkanes of at least 4 members (excludes halogenated alkanes) is 1. The number of hydrogen-bond acceptors (Lipinski definition) is 3. The second kappa shape index (κ2) is 6.07. The van der Waals surface area contributed by atoms with Gasteiger partial charge in [-0.05, 0) is 12.3 Å². The summed E-state index contributed by atoms with van der Waals surface area (Å²) >= 11 is 0.